The number of carbonyl (C=O) groups excluding carboxylic acids is 2. The SMILES string of the molecule is C.C.NCC1CCC(c2cccc(-c3csc(NC(=O)CNC(=O)c4ccc(N)cc4)n3)c2)CC1. The van der Waals surface area contributed by atoms with Gasteiger partial charge in [-0.1, -0.05) is 33.1 Å². The molecule has 1 aliphatic rings. The van der Waals surface area contributed by atoms with Gasteiger partial charge in [0.15, 0.2) is 5.13 Å². The maximum atomic E-state index is 12.3. The first-order valence-electron chi connectivity index (χ1n) is 11.2. The zero-order valence-corrected chi connectivity index (χ0v) is 19.2. The smallest absolute Gasteiger partial charge is 0.251 e. The number of nitrogen functional groups attached to an aromatic ring is 1. The van der Waals surface area contributed by atoms with Gasteiger partial charge in [0, 0.05) is 22.2 Å². The Hall–Kier alpha value is -3.23. The Labute approximate surface area is 212 Å². The summed E-state index contributed by atoms with van der Waals surface area (Å²) in [6, 6.07) is 15.0. The van der Waals surface area contributed by atoms with Crippen LogP contribution in [0.5, 0.6) is 0 Å². The topological polar surface area (TPSA) is 123 Å². The average molecular weight is 496 g/mol. The third-order valence-electron chi connectivity index (χ3n) is 6.17. The molecule has 2 amide bonds. The first-order valence-corrected chi connectivity index (χ1v) is 12.1. The van der Waals surface area contributed by atoms with Gasteiger partial charge in [0.05, 0.1) is 12.2 Å². The van der Waals surface area contributed by atoms with E-state index in [2.05, 4.69) is 33.8 Å². The van der Waals surface area contributed by atoms with Crippen molar-refractivity contribution in [1.82, 2.24) is 10.3 Å². The van der Waals surface area contributed by atoms with Gasteiger partial charge >= 0.3 is 0 Å². The zero-order chi connectivity index (χ0) is 23.2. The molecule has 6 N–H and O–H groups in total. The van der Waals surface area contributed by atoms with Crippen LogP contribution in [0, 0.1) is 5.92 Å². The number of hydrogen-bond donors (Lipinski definition) is 4. The second-order valence-electron chi connectivity index (χ2n) is 8.47. The van der Waals surface area contributed by atoms with E-state index in [-0.39, 0.29) is 33.2 Å². The molecule has 0 atom stereocenters. The van der Waals surface area contributed by atoms with Crippen LogP contribution in [0.15, 0.2) is 53.9 Å². The molecular weight excluding hydrogens is 458 g/mol. The fourth-order valence-corrected chi connectivity index (χ4v) is 4.94. The number of nitrogens with zero attached hydrogens (tertiary/aromatic N) is 1. The molecule has 1 saturated carbocycles. The minimum atomic E-state index is -0.331. The highest BCUT2D eigenvalue weighted by molar-refractivity contribution is 7.14. The molecular formula is C27H37N5O2S. The van der Waals surface area contributed by atoms with E-state index in [4.69, 9.17) is 11.5 Å². The number of nitrogens with one attached hydrogen (secondary N) is 2. The lowest BCUT2D eigenvalue weighted by atomic mass is 9.78. The largest absolute Gasteiger partial charge is 0.399 e. The highest BCUT2D eigenvalue weighted by atomic mass is 32.1. The Morgan fingerprint density at radius 1 is 1.03 bits per heavy atom. The second kappa shape index (κ2) is 13.0. The number of amides is 2. The number of benzene rings is 2. The Bertz CT molecular complexity index is 1100. The van der Waals surface area contributed by atoms with Gasteiger partial charge in [-0.15, -0.1) is 11.3 Å². The van der Waals surface area contributed by atoms with E-state index in [1.54, 1.807) is 24.3 Å². The Kier molecular flexibility index (Phi) is 10.4. The molecule has 1 heterocycles. The third-order valence-corrected chi connectivity index (χ3v) is 6.92. The van der Waals surface area contributed by atoms with Crippen molar-refractivity contribution in [3.8, 4) is 11.3 Å². The lowest BCUT2D eigenvalue weighted by Gasteiger charge is -2.28. The van der Waals surface area contributed by atoms with E-state index in [0.717, 1.165) is 17.8 Å². The van der Waals surface area contributed by atoms with Crippen LogP contribution < -0.4 is 22.1 Å². The van der Waals surface area contributed by atoms with E-state index < -0.39 is 0 Å². The van der Waals surface area contributed by atoms with Crippen molar-refractivity contribution in [3.05, 3.63) is 65.0 Å². The molecule has 4 rings (SSSR count). The first-order chi connectivity index (χ1) is 16.0. The number of rotatable bonds is 7. The Morgan fingerprint density at radius 3 is 2.43 bits per heavy atom. The molecule has 0 spiro atoms. The summed E-state index contributed by atoms with van der Waals surface area (Å²) in [6.07, 6.45) is 4.72. The van der Waals surface area contributed by atoms with Crippen molar-refractivity contribution in [2.45, 2.75) is 46.5 Å². The predicted molar refractivity (Wildman–Crippen MR) is 147 cm³/mol. The van der Waals surface area contributed by atoms with Gasteiger partial charge in [0.25, 0.3) is 5.91 Å². The molecule has 8 heteroatoms. The molecule has 188 valence electrons. The molecule has 3 aromatic rings. The lowest BCUT2D eigenvalue weighted by Crippen LogP contribution is -2.32. The quantitative estimate of drug-likeness (QED) is 0.333. The van der Waals surface area contributed by atoms with E-state index >= 15 is 0 Å². The van der Waals surface area contributed by atoms with Crippen LogP contribution in [0.2, 0.25) is 0 Å². The highest BCUT2D eigenvalue weighted by Crippen LogP contribution is 2.37. The monoisotopic (exact) mass is 495 g/mol. The normalized spacial score (nSPS) is 16.9. The maximum absolute atomic E-state index is 12.3. The molecule has 1 aromatic heterocycles. The number of carbonyl (C=O) groups is 2. The van der Waals surface area contributed by atoms with E-state index in [1.165, 1.54) is 42.6 Å². The number of anilines is 2. The van der Waals surface area contributed by atoms with E-state index in [1.807, 2.05) is 11.4 Å². The van der Waals surface area contributed by atoms with Crippen molar-refractivity contribution in [2.24, 2.45) is 11.7 Å². The van der Waals surface area contributed by atoms with Crippen molar-refractivity contribution in [1.29, 1.82) is 0 Å². The van der Waals surface area contributed by atoms with Crippen LogP contribution in [-0.2, 0) is 4.79 Å². The highest BCUT2D eigenvalue weighted by Gasteiger charge is 2.22. The molecule has 0 bridgehead atoms. The average Bonchev–Trinajstić information content (AvgIpc) is 3.31. The fraction of sp³-hybridized carbons (Fsp3) is 0.370. The summed E-state index contributed by atoms with van der Waals surface area (Å²) < 4.78 is 0. The summed E-state index contributed by atoms with van der Waals surface area (Å²) in [4.78, 5) is 29.0. The van der Waals surface area contributed by atoms with Gasteiger partial charge in [-0.3, -0.25) is 9.59 Å². The Morgan fingerprint density at radius 2 is 1.74 bits per heavy atom. The summed E-state index contributed by atoms with van der Waals surface area (Å²) in [5.41, 5.74) is 15.7. The Balaban J connectivity index is 0.00000216. The molecule has 1 fully saturated rings. The van der Waals surface area contributed by atoms with Crippen LogP contribution in [0.4, 0.5) is 10.8 Å². The molecule has 0 aliphatic heterocycles. The van der Waals surface area contributed by atoms with Gasteiger partial charge in [-0.05, 0) is 80.0 Å². The van der Waals surface area contributed by atoms with Gasteiger partial charge in [-0.2, -0.15) is 0 Å². The van der Waals surface area contributed by atoms with Crippen LogP contribution in [-0.4, -0.2) is 29.9 Å². The van der Waals surface area contributed by atoms with Gasteiger partial charge in [0.1, 0.15) is 0 Å². The van der Waals surface area contributed by atoms with Crippen LogP contribution in [0.1, 0.15) is 62.4 Å². The summed E-state index contributed by atoms with van der Waals surface area (Å²) in [7, 11) is 0. The van der Waals surface area contributed by atoms with Crippen molar-refractivity contribution < 1.29 is 9.59 Å². The van der Waals surface area contributed by atoms with Crippen LogP contribution in [0.3, 0.4) is 0 Å². The lowest BCUT2D eigenvalue weighted by molar-refractivity contribution is -0.115. The molecule has 0 unspecified atom stereocenters. The molecule has 0 saturated heterocycles. The number of aromatic nitrogens is 1. The van der Waals surface area contributed by atoms with Crippen molar-refractivity contribution >= 4 is 34.0 Å². The molecule has 2 aromatic carbocycles. The summed E-state index contributed by atoms with van der Waals surface area (Å²) in [5, 5.41) is 7.81. The molecule has 0 radical (unpaired) electrons. The van der Waals surface area contributed by atoms with E-state index in [0.29, 0.717) is 28.2 Å². The van der Waals surface area contributed by atoms with Crippen LogP contribution >= 0.6 is 11.3 Å². The second-order valence-corrected chi connectivity index (χ2v) is 9.33. The van der Waals surface area contributed by atoms with E-state index in [9.17, 15) is 9.59 Å². The summed E-state index contributed by atoms with van der Waals surface area (Å²) in [5.74, 6) is 0.563. The van der Waals surface area contributed by atoms with Gasteiger partial charge in [0.2, 0.25) is 5.91 Å². The summed E-state index contributed by atoms with van der Waals surface area (Å²) >= 11 is 1.37. The first kappa shape index (κ1) is 28.0. The molecule has 7 nitrogen and oxygen atoms in total. The molecule has 35 heavy (non-hydrogen) atoms. The van der Waals surface area contributed by atoms with Gasteiger partial charge < -0.3 is 22.1 Å². The third kappa shape index (κ3) is 7.37. The number of hydrogen-bond acceptors (Lipinski definition) is 6. The zero-order valence-electron chi connectivity index (χ0n) is 18.4. The molecule has 1 aliphatic carbocycles. The van der Waals surface area contributed by atoms with Crippen molar-refractivity contribution in [3.63, 3.8) is 0 Å². The number of nitrogens with two attached hydrogens (primary N) is 2. The summed E-state index contributed by atoms with van der Waals surface area (Å²) in [6.45, 7) is 0.643. The van der Waals surface area contributed by atoms with Gasteiger partial charge in [-0.25, -0.2) is 4.98 Å². The predicted octanol–water partition coefficient (Wildman–Crippen LogP) is 5.27. The van der Waals surface area contributed by atoms with Crippen LogP contribution in [0.25, 0.3) is 11.3 Å². The number of thiazole rings is 1. The fourth-order valence-electron chi connectivity index (χ4n) is 4.21. The minimum absolute atomic E-state index is 0. The maximum Gasteiger partial charge on any atom is 0.251 e. The standard InChI is InChI=1S/C25H29N5O2S.2CH4/c26-13-16-4-6-17(7-5-16)19-2-1-3-20(12-19)22-15-33-25(29-22)30-23(31)14-28-24(32)18-8-10-21(27)11-9-18;;/h1-3,8-12,15-17H,4-7,13-14,26-27H2,(H,28,32)(H,29,30,31);2*1H4. The van der Waals surface area contributed by atoms with Crippen molar-refractivity contribution in [2.75, 3.05) is 24.1 Å². The minimum Gasteiger partial charge on any atom is -0.399 e.